The predicted octanol–water partition coefficient (Wildman–Crippen LogP) is 4.20. The van der Waals surface area contributed by atoms with E-state index in [0.29, 0.717) is 24.4 Å². The zero-order valence-corrected chi connectivity index (χ0v) is 16.9. The van der Waals surface area contributed by atoms with Crippen molar-refractivity contribution in [2.75, 3.05) is 0 Å². The van der Waals surface area contributed by atoms with Crippen molar-refractivity contribution in [1.29, 1.82) is 0 Å². The molecule has 150 valence electrons. The van der Waals surface area contributed by atoms with Gasteiger partial charge >= 0.3 is 0 Å². The molecule has 0 saturated heterocycles. The molecule has 0 bridgehead atoms. The molecule has 0 heterocycles. The van der Waals surface area contributed by atoms with Crippen LogP contribution in [-0.2, 0) is 6.42 Å². The van der Waals surface area contributed by atoms with Crippen LogP contribution in [-0.4, -0.2) is 28.0 Å². The first-order valence-electron chi connectivity index (χ1n) is 11.1. The third kappa shape index (κ3) is 2.50. The summed E-state index contributed by atoms with van der Waals surface area (Å²) in [5, 5.41) is 21.7. The average Bonchev–Trinajstić information content (AvgIpc) is 3.27. The Morgan fingerprint density at radius 2 is 1.96 bits per heavy atom. The topological polar surface area (TPSA) is 49.7 Å². The molecule has 0 unspecified atom stereocenters. The fourth-order valence-electron chi connectivity index (χ4n) is 7.11. The van der Waals surface area contributed by atoms with Crippen LogP contribution in [0.5, 0.6) is 5.75 Å². The first kappa shape index (κ1) is 18.5. The van der Waals surface area contributed by atoms with E-state index in [-0.39, 0.29) is 11.3 Å². The first-order valence-corrected chi connectivity index (χ1v) is 11.1. The molecule has 28 heavy (non-hydrogen) atoms. The molecule has 3 fully saturated rings. The van der Waals surface area contributed by atoms with Crippen molar-refractivity contribution in [3.8, 4) is 18.1 Å². The SMILES string of the molecule is C#C[C@]1(O)[C@H](O)C[C@@H]2[C@@H]3CCc4cc(OC5CCCC5)ccc4[C@@H]3CC[C@@]21C. The van der Waals surface area contributed by atoms with Gasteiger partial charge in [0, 0.05) is 5.41 Å². The molecule has 3 nitrogen and oxygen atoms in total. The van der Waals surface area contributed by atoms with E-state index < -0.39 is 11.7 Å². The number of terminal acetylenes is 1. The zero-order valence-electron chi connectivity index (χ0n) is 16.9. The van der Waals surface area contributed by atoms with Gasteiger partial charge in [-0.25, -0.2) is 0 Å². The summed E-state index contributed by atoms with van der Waals surface area (Å²) in [4.78, 5) is 0. The fourth-order valence-corrected chi connectivity index (χ4v) is 7.11. The van der Waals surface area contributed by atoms with Crippen molar-refractivity contribution in [3.05, 3.63) is 29.3 Å². The molecule has 3 heteroatoms. The van der Waals surface area contributed by atoms with E-state index in [0.717, 1.165) is 31.4 Å². The summed E-state index contributed by atoms with van der Waals surface area (Å²) >= 11 is 0. The van der Waals surface area contributed by atoms with E-state index in [2.05, 4.69) is 31.0 Å². The highest BCUT2D eigenvalue weighted by Crippen LogP contribution is 2.64. The van der Waals surface area contributed by atoms with E-state index >= 15 is 0 Å². The van der Waals surface area contributed by atoms with Gasteiger partial charge in [0.25, 0.3) is 0 Å². The second-order valence-electron chi connectivity index (χ2n) is 9.92. The van der Waals surface area contributed by atoms with Gasteiger partial charge < -0.3 is 14.9 Å². The van der Waals surface area contributed by atoms with Gasteiger partial charge in [-0.05, 0) is 98.8 Å². The van der Waals surface area contributed by atoms with Gasteiger partial charge in [0.15, 0.2) is 5.60 Å². The van der Waals surface area contributed by atoms with Crippen molar-refractivity contribution in [1.82, 2.24) is 0 Å². The number of rotatable bonds is 2. The Morgan fingerprint density at radius 3 is 2.71 bits per heavy atom. The van der Waals surface area contributed by atoms with Gasteiger partial charge in [-0.2, -0.15) is 0 Å². The smallest absolute Gasteiger partial charge is 0.156 e. The molecule has 6 atom stereocenters. The standard InChI is InChI=1S/C25H32O3/c1-3-25(27)23(26)15-22-21-10-8-16-14-18(28-17-6-4-5-7-17)9-11-19(16)20(21)12-13-24(22,25)2/h1,9,11,14,17,20-23,26-27H,4-8,10,12-13,15H2,2H3/t20-,21+,22+,23+,24-,25-/m0/s1. The molecule has 3 saturated carbocycles. The first-order chi connectivity index (χ1) is 13.5. The van der Waals surface area contributed by atoms with Gasteiger partial charge in [-0.1, -0.05) is 18.9 Å². The number of hydrogen-bond donors (Lipinski definition) is 2. The van der Waals surface area contributed by atoms with Crippen molar-refractivity contribution < 1.29 is 14.9 Å². The number of aliphatic hydroxyl groups excluding tert-OH is 1. The zero-order chi connectivity index (χ0) is 19.5. The largest absolute Gasteiger partial charge is 0.490 e. The van der Waals surface area contributed by atoms with E-state index in [1.807, 2.05) is 0 Å². The van der Waals surface area contributed by atoms with Gasteiger partial charge in [0.2, 0.25) is 0 Å². The number of fused-ring (bicyclic) bond motifs is 5. The highest BCUT2D eigenvalue weighted by atomic mass is 16.5. The van der Waals surface area contributed by atoms with Crippen LogP contribution < -0.4 is 4.74 Å². The highest BCUT2D eigenvalue weighted by Gasteiger charge is 2.65. The number of aryl methyl sites for hydroxylation is 1. The molecule has 1 aromatic rings. The molecule has 0 spiro atoms. The van der Waals surface area contributed by atoms with Gasteiger partial charge in [-0.15, -0.1) is 6.42 Å². The minimum atomic E-state index is -1.39. The molecule has 0 amide bonds. The van der Waals surface area contributed by atoms with Gasteiger partial charge in [-0.3, -0.25) is 0 Å². The van der Waals surface area contributed by atoms with Crippen LogP contribution in [0.3, 0.4) is 0 Å². The normalized spacial score (nSPS) is 42.4. The Bertz CT molecular complexity index is 805. The third-order valence-corrected chi connectivity index (χ3v) is 8.74. The monoisotopic (exact) mass is 380 g/mol. The lowest BCUT2D eigenvalue weighted by molar-refractivity contribution is -0.101. The van der Waals surface area contributed by atoms with Crippen LogP contribution in [0.4, 0.5) is 0 Å². The van der Waals surface area contributed by atoms with Crippen LogP contribution in [0.1, 0.15) is 75.3 Å². The molecular formula is C25H32O3. The second-order valence-corrected chi connectivity index (χ2v) is 9.92. The predicted molar refractivity (Wildman–Crippen MR) is 109 cm³/mol. The lowest BCUT2D eigenvalue weighted by Gasteiger charge is -2.52. The summed E-state index contributed by atoms with van der Waals surface area (Å²) < 4.78 is 6.23. The summed E-state index contributed by atoms with van der Waals surface area (Å²) in [5.74, 6) is 4.89. The summed E-state index contributed by atoms with van der Waals surface area (Å²) in [6.45, 7) is 2.11. The van der Waals surface area contributed by atoms with Crippen molar-refractivity contribution in [2.45, 2.75) is 88.4 Å². The van der Waals surface area contributed by atoms with Crippen LogP contribution >= 0.6 is 0 Å². The average molecular weight is 381 g/mol. The Labute approximate surface area is 168 Å². The Kier molecular flexibility index (Phi) is 4.30. The molecule has 4 aliphatic carbocycles. The summed E-state index contributed by atoms with van der Waals surface area (Å²) in [6, 6.07) is 6.73. The number of aliphatic hydroxyl groups is 2. The lowest BCUT2D eigenvalue weighted by Crippen LogP contribution is -2.53. The lowest BCUT2D eigenvalue weighted by atomic mass is 9.53. The van der Waals surface area contributed by atoms with Crippen molar-refractivity contribution in [3.63, 3.8) is 0 Å². The molecule has 0 aliphatic heterocycles. The molecule has 1 aromatic carbocycles. The molecule has 5 rings (SSSR count). The fraction of sp³-hybridized carbons (Fsp3) is 0.680. The van der Waals surface area contributed by atoms with Crippen LogP contribution in [0.25, 0.3) is 0 Å². The van der Waals surface area contributed by atoms with E-state index in [4.69, 9.17) is 11.2 Å². The maximum Gasteiger partial charge on any atom is 0.156 e. The van der Waals surface area contributed by atoms with Crippen molar-refractivity contribution in [2.24, 2.45) is 17.3 Å². The van der Waals surface area contributed by atoms with E-state index in [1.54, 1.807) is 0 Å². The van der Waals surface area contributed by atoms with Crippen LogP contribution in [0.2, 0.25) is 0 Å². The minimum Gasteiger partial charge on any atom is -0.490 e. The molecular weight excluding hydrogens is 348 g/mol. The van der Waals surface area contributed by atoms with Crippen molar-refractivity contribution >= 4 is 0 Å². The number of benzene rings is 1. The molecule has 2 N–H and O–H groups in total. The molecule has 4 aliphatic rings. The number of ether oxygens (including phenoxy) is 1. The molecule has 0 radical (unpaired) electrons. The quantitative estimate of drug-likeness (QED) is 0.756. The Balaban J connectivity index is 1.41. The highest BCUT2D eigenvalue weighted by molar-refractivity contribution is 5.41. The molecule has 0 aromatic heterocycles. The Morgan fingerprint density at radius 1 is 1.18 bits per heavy atom. The summed E-state index contributed by atoms with van der Waals surface area (Å²) in [5.41, 5.74) is 1.13. The van der Waals surface area contributed by atoms with Gasteiger partial charge in [0.05, 0.1) is 12.2 Å². The van der Waals surface area contributed by atoms with E-state index in [1.165, 1.54) is 36.8 Å². The maximum atomic E-state index is 11.1. The minimum absolute atomic E-state index is 0.282. The van der Waals surface area contributed by atoms with Crippen LogP contribution in [0.15, 0.2) is 18.2 Å². The summed E-state index contributed by atoms with van der Waals surface area (Å²) in [7, 11) is 0. The van der Waals surface area contributed by atoms with E-state index in [9.17, 15) is 10.2 Å². The Hall–Kier alpha value is -1.50. The second kappa shape index (κ2) is 6.51. The summed E-state index contributed by atoms with van der Waals surface area (Å²) in [6.07, 6.45) is 14.9. The van der Waals surface area contributed by atoms with Gasteiger partial charge in [0.1, 0.15) is 5.75 Å². The van der Waals surface area contributed by atoms with Crippen LogP contribution in [0, 0.1) is 29.6 Å². The number of hydrogen-bond acceptors (Lipinski definition) is 3. The maximum absolute atomic E-state index is 11.1. The third-order valence-electron chi connectivity index (χ3n) is 8.74.